The van der Waals surface area contributed by atoms with Gasteiger partial charge in [0.05, 0.1) is 6.61 Å². The molecule has 1 unspecified atom stereocenters. The number of benzene rings is 2. The third-order valence-corrected chi connectivity index (χ3v) is 7.65. The van der Waals surface area contributed by atoms with Gasteiger partial charge < -0.3 is 30.6 Å². The Morgan fingerprint density at radius 2 is 1.21 bits per heavy atom. The van der Waals surface area contributed by atoms with Gasteiger partial charge in [0.2, 0.25) is 0 Å². The fourth-order valence-electron chi connectivity index (χ4n) is 4.53. The van der Waals surface area contributed by atoms with E-state index in [0.717, 1.165) is 45.0 Å². The summed E-state index contributed by atoms with van der Waals surface area (Å²) < 4.78 is 0. The number of hydrogen-bond acceptors (Lipinski definition) is 6. The van der Waals surface area contributed by atoms with Crippen LogP contribution in [0.25, 0.3) is 0 Å². The van der Waals surface area contributed by atoms with Gasteiger partial charge in [-0.2, -0.15) is 0 Å². The van der Waals surface area contributed by atoms with E-state index in [0.29, 0.717) is 5.56 Å². The topological polar surface area (TPSA) is 121 Å². The van der Waals surface area contributed by atoms with Crippen molar-refractivity contribution in [1.82, 2.24) is 0 Å². The molecule has 34 heavy (non-hydrogen) atoms. The average Bonchev–Trinajstić information content (AvgIpc) is 2.83. The van der Waals surface area contributed by atoms with Crippen molar-refractivity contribution in [2.24, 2.45) is 0 Å². The van der Waals surface area contributed by atoms with Crippen molar-refractivity contribution < 1.29 is 30.6 Å². The van der Waals surface area contributed by atoms with Gasteiger partial charge in [-0.15, -0.1) is 6.58 Å². The molecular weight excluding hydrogens is 432 g/mol. The highest BCUT2D eigenvalue weighted by atomic mass is 16.4. The van der Waals surface area contributed by atoms with E-state index in [2.05, 4.69) is 6.58 Å². The lowest BCUT2D eigenvalue weighted by molar-refractivity contribution is -0.218. The summed E-state index contributed by atoms with van der Waals surface area (Å²) in [7, 11) is 0. The molecule has 6 nitrogen and oxygen atoms in total. The van der Waals surface area contributed by atoms with Crippen LogP contribution in [0.2, 0.25) is 0 Å². The van der Waals surface area contributed by atoms with Gasteiger partial charge >= 0.3 is 0 Å². The number of rotatable bonds is 10. The van der Waals surface area contributed by atoms with E-state index in [4.69, 9.17) is 0 Å². The molecule has 2 aromatic carbocycles. The van der Waals surface area contributed by atoms with Crippen LogP contribution in [0.3, 0.4) is 0 Å². The maximum Gasteiger partial charge on any atom is 0.126 e. The van der Waals surface area contributed by atoms with Crippen molar-refractivity contribution in [3.63, 3.8) is 0 Å². The molecule has 0 radical (unpaired) electrons. The predicted octanol–water partition coefficient (Wildman–Crippen LogP) is 2.05. The molecule has 0 saturated carbocycles. The summed E-state index contributed by atoms with van der Waals surface area (Å²) in [5.41, 5.74) is 2.96. The molecule has 6 N–H and O–H groups in total. The second kappa shape index (κ2) is 10.7. The Hall–Kier alpha value is -2.06. The van der Waals surface area contributed by atoms with Gasteiger partial charge in [-0.3, -0.25) is 0 Å². The lowest BCUT2D eigenvalue weighted by atomic mass is 9.72. The maximum absolute atomic E-state index is 11.7. The van der Waals surface area contributed by atoms with E-state index < -0.39 is 36.1 Å². The van der Waals surface area contributed by atoms with Gasteiger partial charge in [-0.05, 0) is 86.1 Å². The van der Waals surface area contributed by atoms with Crippen LogP contribution in [0.1, 0.15) is 44.5 Å². The predicted molar refractivity (Wildman–Crippen MR) is 134 cm³/mol. The second-order valence-electron chi connectivity index (χ2n) is 9.72. The molecule has 2 rings (SSSR count). The van der Waals surface area contributed by atoms with Crippen LogP contribution in [0.4, 0.5) is 0 Å². The van der Waals surface area contributed by atoms with Crippen molar-refractivity contribution >= 4 is 0 Å². The van der Waals surface area contributed by atoms with Crippen molar-refractivity contribution in [2.45, 2.75) is 83.9 Å². The van der Waals surface area contributed by atoms with Crippen LogP contribution >= 0.6 is 0 Å². The summed E-state index contributed by atoms with van der Waals surface area (Å²) in [6.07, 6.45) is -4.79. The zero-order valence-electron chi connectivity index (χ0n) is 21.1. The Kier molecular flexibility index (Phi) is 8.86. The van der Waals surface area contributed by atoms with E-state index in [1.165, 1.54) is 0 Å². The van der Waals surface area contributed by atoms with Crippen molar-refractivity contribution in [1.29, 1.82) is 0 Å². The van der Waals surface area contributed by atoms with Gasteiger partial charge in [-0.25, -0.2) is 0 Å². The summed E-state index contributed by atoms with van der Waals surface area (Å²) >= 11 is 0. The van der Waals surface area contributed by atoms with Crippen molar-refractivity contribution in [3.05, 3.63) is 81.4 Å². The first-order valence-electron chi connectivity index (χ1n) is 11.6. The number of aliphatic hydroxyl groups is 6. The minimum absolute atomic E-state index is 0.0687. The Balaban J connectivity index is 2.59. The van der Waals surface area contributed by atoms with Crippen LogP contribution < -0.4 is 0 Å². The van der Waals surface area contributed by atoms with Crippen LogP contribution in [-0.2, 0) is 12.8 Å². The number of aliphatic hydroxyl groups excluding tert-OH is 4. The number of aryl methyl sites for hydroxylation is 2. The van der Waals surface area contributed by atoms with Crippen LogP contribution in [0, 0.1) is 41.5 Å². The Labute approximate surface area is 202 Å². The summed E-state index contributed by atoms with van der Waals surface area (Å²) in [4.78, 5) is 0. The molecule has 2 aromatic rings. The lowest BCUT2D eigenvalue weighted by Crippen LogP contribution is -2.66. The molecule has 0 aliphatic carbocycles. The molecule has 188 valence electrons. The van der Waals surface area contributed by atoms with E-state index >= 15 is 0 Å². The molecule has 0 amide bonds. The zero-order valence-corrected chi connectivity index (χ0v) is 21.1. The number of hydrogen-bond donors (Lipinski definition) is 6. The standard InChI is InChI=1S/C28H40O6/c1-8-27(33,13-22-11-9-16(2)18(4)20(22)6)26(32)28(34,25(31)24(30)15-29)14-23-12-10-17(3)19(5)21(23)7/h8-12,24-26,29-34H,1,13-15H2,2-7H3/t24-,25+,26+,27?,28+/m0/s1. The first kappa shape index (κ1) is 28.2. The first-order chi connectivity index (χ1) is 15.7. The quantitative estimate of drug-likeness (QED) is 0.294. The summed E-state index contributed by atoms with van der Waals surface area (Å²) in [5.74, 6) is 0. The van der Waals surface area contributed by atoms with Crippen molar-refractivity contribution in [3.8, 4) is 0 Å². The minimum Gasteiger partial charge on any atom is -0.394 e. The molecule has 0 heterocycles. The normalized spacial score (nSPS) is 18.0. The zero-order chi connectivity index (χ0) is 26.0. The molecule has 0 aromatic heterocycles. The average molecular weight is 473 g/mol. The second-order valence-corrected chi connectivity index (χ2v) is 9.72. The lowest BCUT2D eigenvalue weighted by Gasteiger charge is -2.45. The van der Waals surface area contributed by atoms with Crippen LogP contribution in [0.15, 0.2) is 36.9 Å². The third kappa shape index (κ3) is 5.28. The van der Waals surface area contributed by atoms with Gasteiger partial charge in [-0.1, -0.05) is 30.3 Å². The van der Waals surface area contributed by atoms with Crippen LogP contribution in [-0.4, -0.2) is 66.8 Å². The third-order valence-electron chi connectivity index (χ3n) is 7.65. The Morgan fingerprint density at radius 1 is 0.765 bits per heavy atom. The molecule has 0 bridgehead atoms. The van der Waals surface area contributed by atoms with E-state index in [-0.39, 0.29) is 12.8 Å². The highest BCUT2D eigenvalue weighted by molar-refractivity contribution is 5.42. The molecule has 0 aliphatic heterocycles. The van der Waals surface area contributed by atoms with E-state index in [9.17, 15) is 30.6 Å². The summed E-state index contributed by atoms with van der Waals surface area (Å²) in [6, 6.07) is 7.43. The van der Waals surface area contributed by atoms with Gasteiger partial charge in [0.1, 0.15) is 29.5 Å². The molecule has 6 heteroatoms. The molecule has 0 saturated heterocycles. The molecule has 0 aliphatic rings. The molecule has 0 spiro atoms. The highest BCUT2D eigenvalue weighted by Gasteiger charge is 2.53. The van der Waals surface area contributed by atoms with E-state index in [1.807, 2.05) is 59.7 Å². The maximum atomic E-state index is 11.7. The van der Waals surface area contributed by atoms with Gasteiger partial charge in [0.15, 0.2) is 0 Å². The van der Waals surface area contributed by atoms with Crippen LogP contribution in [0.5, 0.6) is 0 Å². The Bertz CT molecular complexity index is 1030. The van der Waals surface area contributed by atoms with E-state index in [1.54, 1.807) is 6.07 Å². The summed E-state index contributed by atoms with van der Waals surface area (Å²) in [5, 5.41) is 65.2. The molecule has 0 fully saturated rings. The highest BCUT2D eigenvalue weighted by Crippen LogP contribution is 2.35. The smallest absolute Gasteiger partial charge is 0.126 e. The van der Waals surface area contributed by atoms with Crippen molar-refractivity contribution in [2.75, 3.05) is 6.61 Å². The fraction of sp³-hybridized carbons (Fsp3) is 0.500. The minimum atomic E-state index is -2.40. The monoisotopic (exact) mass is 472 g/mol. The van der Waals surface area contributed by atoms with Gasteiger partial charge in [0, 0.05) is 12.8 Å². The van der Waals surface area contributed by atoms with Gasteiger partial charge in [0.25, 0.3) is 0 Å². The first-order valence-corrected chi connectivity index (χ1v) is 11.6. The summed E-state index contributed by atoms with van der Waals surface area (Å²) in [6.45, 7) is 14.5. The molecular formula is C28H40O6. The fourth-order valence-corrected chi connectivity index (χ4v) is 4.53. The Morgan fingerprint density at radius 3 is 1.62 bits per heavy atom. The molecule has 5 atom stereocenters. The largest absolute Gasteiger partial charge is 0.394 e. The SMILES string of the molecule is C=CC(O)(Cc1ccc(C)c(C)c1C)[C@@H](O)[C@@](O)(Cc1ccc(C)c(C)c1C)[C@H](O)[C@@H](O)CO.